The molecule has 0 aliphatic carbocycles. The molecule has 0 spiro atoms. The van der Waals surface area contributed by atoms with Crippen LogP contribution in [0.25, 0.3) is 0 Å². The van der Waals surface area contributed by atoms with E-state index in [1.54, 1.807) is 12.1 Å². The Morgan fingerprint density at radius 1 is 0.818 bits per heavy atom. The molecule has 0 bridgehead atoms. The molecule has 0 N–H and O–H groups in total. The molecular weight excluding hydrogens is 319 g/mol. The van der Waals surface area contributed by atoms with Gasteiger partial charge in [-0.3, -0.25) is 4.79 Å². The second kappa shape index (κ2) is 5.64. The van der Waals surface area contributed by atoms with Gasteiger partial charge >= 0.3 is 0 Å². The molecule has 0 saturated carbocycles. The van der Waals surface area contributed by atoms with Crippen LogP contribution in [0.2, 0.25) is 13.1 Å². The minimum absolute atomic E-state index is 0.170. The number of hydrogen-bond donors (Lipinski definition) is 0. The lowest BCUT2D eigenvalue weighted by Crippen LogP contribution is -2.57. The van der Waals surface area contributed by atoms with Gasteiger partial charge in [-0.25, -0.2) is 22.0 Å². The molecule has 0 aromatic heterocycles. The third kappa shape index (κ3) is 2.35. The van der Waals surface area contributed by atoms with E-state index in [-0.39, 0.29) is 5.56 Å². The van der Waals surface area contributed by atoms with Crippen molar-refractivity contribution in [3.63, 3.8) is 0 Å². The van der Waals surface area contributed by atoms with Crippen molar-refractivity contribution in [2.75, 3.05) is 0 Å². The van der Waals surface area contributed by atoms with E-state index in [9.17, 15) is 26.7 Å². The molecule has 0 saturated heterocycles. The van der Waals surface area contributed by atoms with Crippen LogP contribution in [0.4, 0.5) is 22.0 Å². The van der Waals surface area contributed by atoms with E-state index in [1.165, 1.54) is 25.2 Å². The summed E-state index contributed by atoms with van der Waals surface area (Å²) in [6.45, 7) is 2.85. The predicted molar refractivity (Wildman–Crippen MR) is 74.8 cm³/mol. The first kappa shape index (κ1) is 16.3. The third-order valence-electron chi connectivity index (χ3n) is 3.60. The molecule has 2 aromatic carbocycles. The molecule has 0 radical (unpaired) electrons. The topological polar surface area (TPSA) is 17.1 Å². The van der Waals surface area contributed by atoms with Crippen LogP contribution < -0.4 is 10.4 Å². The average molecular weight is 330 g/mol. The Bertz CT molecular complexity index is 729. The largest absolute Gasteiger partial charge is 0.298 e. The summed E-state index contributed by atoms with van der Waals surface area (Å²) in [6.07, 6.45) is 0.496. The number of halogens is 5. The lowest BCUT2D eigenvalue weighted by molar-refractivity contribution is 0.112. The Morgan fingerprint density at radius 3 is 1.77 bits per heavy atom. The number of hydrogen-bond acceptors (Lipinski definition) is 1. The van der Waals surface area contributed by atoms with Gasteiger partial charge in [-0.15, -0.1) is 0 Å². The van der Waals surface area contributed by atoms with Crippen LogP contribution in [-0.4, -0.2) is 14.4 Å². The first-order valence-electron chi connectivity index (χ1n) is 6.30. The van der Waals surface area contributed by atoms with Crippen molar-refractivity contribution in [3.05, 3.63) is 58.9 Å². The number of aldehydes is 1. The third-order valence-corrected chi connectivity index (χ3v) is 7.09. The van der Waals surface area contributed by atoms with Gasteiger partial charge in [0.1, 0.15) is 14.4 Å². The van der Waals surface area contributed by atoms with Gasteiger partial charge in [-0.05, 0) is 5.19 Å². The summed E-state index contributed by atoms with van der Waals surface area (Å²) in [5.41, 5.74) is 0.170. The van der Waals surface area contributed by atoms with E-state index in [2.05, 4.69) is 0 Å². The zero-order chi connectivity index (χ0) is 16.7. The quantitative estimate of drug-likeness (QED) is 0.278. The molecule has 0 aliphatic heterocycles. The smallest absolute Gasteiger partial charge is 0.200 e. The van der Waals surface area contributed by atoms with Gasteiger partial charge in [0.05, 0.1) is 0 Å². The maximum Gasteiger partial charge on any atom is 0.200 e. The zero-order valence-electron chi connectivity index (χ0n) is 11.7. The standard InChI is InChI=1S/C15H11F5OSi/c1-22(2,9-6-4-3-5-8(9)7-21)15-13(19)11(17)10(16)12(18)14(15)20/h3-7H,1-2H3. The molecule has 1 nitrogen and oxygen atoms in total. The zero-order valence-corrected chi connectivity index (χ0v) is 12.7. The summed E-state index contributed by atoms with van der Waals surface area (Å²) < 4.78 is 68.1. The Labute approximate surface area is 124 Å². The highest BCUT2D eigenvalue weighted by Crippen LogP contribution is 2.20. The van der Waals surface area contributed by atoms with Crippen LogP contribution in [-0.2, 0) is 0 Å². The summed E-state index contributed by atoms with van der Waals surface area (Å²) in [7, 11) is -3.32. The minimum atomic E-state index is -3.32. The van der Waals surface area contributed by atoms with E-state index in [1.807, 2.05) is 0 Å². The minimum Gasteiger partial charge on any atom is -0.298 e. The van der Waals surface area contributed by atoms with E-state index in [0.717, 1.165) is 0 Å². The lowest BCUT2D eigenvalue weighted by atomic mass is 10.2. The fourth-order valence-corrected chi connectivity index (χ4v) is 5.42. The normalized spacial score (nSPS) is 11.6. The van der Waals surface area contributed by atoms with Crippen LogP contribution in [0.15, 0.2) is 24.3 Å². The summed E-state index contributed by atoms with van der Waals surface area (Å²) >= 11 is 0. The molecule has 0 aliphatic rings. The summed E-state index contributed by atoms with van der Waals surface area (Å²) in [6, 6.07) is 6.00. The molecule has 0 fully saturated rings. The fraction of sp³-hybridized carbons (Fsp3) is 0.133. The van der Waals surface area contributed by atoms with Gasteiger partial charge in [0.2, 0.25) is 5.82 Å². The van der Waals surface area contributed by atoms with E-state index < -0.39 is 42.3 Å². The van der Waals surface area contributed by atoms with Crippen LogP contribution in [0.1, 0.15) is 10.4 Å². The molecule has 22 heavy (non-hydrogen) atoms. The SMILES string of the molecule is C[Si](C)(c1ccccc1C=O)c1c(F)c(F)c(F)c(F)c1F. The first-order chi connectivity index (χ1) is 10.2. The second-order valence-electron chi connectivity index (χ2n) is 5.28. The van der Waals surface area contributed by atoms with Crippen LogP contribution >= 0.6 is 0 Å². The predicted octanol–water partition coefficient (Wildman–Crippen LogP) is 3.02. The van der Waals surface area contributed by atoms with Crippen molar-refractivity contribution in [1.29, 1.82) is 0 Å². The van der Waals surface area contributed by atoms with Crippen LogP contribution in [0.3, 0.4) is 0 Å². The molecule has 2 rings (SSSR count). The Hall–Kier alpha value is -2.02. The van der Waals surface area contributed by atoms with Gasteiger partial charge in [0.25, 0.3) is 0 Å². The summed E-state index contributed by atoms with van der Waals surface area (Å²) in [4.78, 5) is 11.1. The molecular formula is C15H11F5OSi. The Kier molecular flexibility index (Phi) is 4.19. The highest BCUT2D eigenvalue weighted by molar-refractivity contribution is 7.01. The molecule has 0 atom stereocenters. The van der Waals surface area contributed by atoms with Crippen molar-refractivity contribution in [2.24, 2.45) is 0 Å². The van der Waals surface area contributed by atoms with Gasteiger partial charge in [0, 0.05) is 10.8 Å². The number of benzene rings is 2. The van der Waals surface area contributed by atoms with E-state index >= 15 is 0 Å². The Balaban J connectivity index is 2.83. The van der Waals surface area contributed by atoms with Crippen molar-refractivity contribution in [3.8, 4) is 0 Å². The first-order valence-corrected chi connectivity index (χ1v) is 9.30. The maximum absolute atomic E-state index is 14.0. The van der Waals surface area contributed by atoms with Crippen LogP contribution in [0.5, 0.6) is 0 Å². The second-order valence-corrected chi connectivity index (χ2v) is 9.56. The highest BCUT2D eigenvalue weighted by Gasteiger charge is 2.38. The molecule has 116 valence electrons. The number of carbonyl (C=O) groups is 1. The van der Waals surface area contributed by atoms with Crippen molar-refractivity contribution >= 4 is 24.7 Å². The molecule has 0 amide bonds. The summed E-state index contributed by atoms with van der Waals surface area (Å²) in [5, 5.41) is -0.536. The van der Waals surface area contributed by atoms with Crippen molar-refractivity contribution in [2.45, 2.75) is 13.1 Å². The van der Waals surface area contributed by atoms with Gasteiger partial charge < -0.3 is 0 Å². The summed E-state index contributed by atoms with van der Waals surface area (Å²) in [5.74, 6) is -9.81. The fourth-order valence-electron chi connectivity index (χ4n) is 2.46. The molecule has 7 heteroatoms. The average Bonchev–Trinajstić information content (AvgIpc) is 2.50. The van der Waals surface area contributed by atoms with Crippen molar-refractivity contribution < 1.29 is 26.7 Å². The molecule has 0 heterocycles. The van der Waals surface area contributed by atoms with E-state index in [4.69, 9.17) is 0 Å². The highest BCUT2D eigenvalue weighted by atomic mass is 28.3. The number of carbonyl (C=O) groups excluding carboxylic acids is 1. The molecule has 2 aromatic rings. The number of rotatable bonds is 3. The lowest BCUT2D eigenvalue weighted by Gasteiger charge is -2.26. The van der Waals surface area contributed by atoms with Gasteiger partial charge in [0.15, 0.2) is 23.3 Å². The Morgan fingerprint density at radius 2 is 1.27 bits per heavy atom. The maximum atomic E-state index is 14.0. The molecule has 0 unspecified atom stereocenters. The van der Waals surface area contributed by atoms with Crippen LogP contribution in [0, 0.1) is 29.1 Å². The van der Waals surface area contributed by atoms with E-state index in [0.29, 0.717) is 11.5 Å². The monoisotopic (exact) mass is 330 g/mol. The van der Waals surface area contributed by atoms with Gasteiger partial charge in [-0.1, -0.05) is 37.4 Å². The van der Waals surface area contributed by atoms with Crippen molar-refractivity contribution in [1.82, 2.24) is 0 Å². The van der Waals surface area contributed by atoms with Gasteiger partial charge in [-0.2, -0.15) is 0 Å².